The molecule has 0 bridgehead atoms. The van der Waals surface area contributed by atoms with Gasteiger partial charge in [0.1, 0.15) is 12.4 Å². The van der Waals surface area contributed by atoms with Gasteiger partial charge < -0.3 is 19.1 Å². The van der Waals surface area contributed by atoms with Crippen molar-refractivity contribution >= 4 is 21.6 Å². The molecular weight excluding hydrogens is 418 g/mol. The molecule has 3 aromatic rings. The number of nitrogens with zero attached hydrogens (tertiary/aromatic N) is 1. The fourth-order valence-corrected chi connectivity index (χ4v) is 4.91. The van der Waals surface area contributed by atoms with Crippen LogP contribution in [0.1, 0.15) is 16.7 Å². The highest BCUT2D eigenvalue weighted by molar-refractivity contribution is 9.10. The average molecular weight is 436 g/mol. The van der Waals surface area contributed by atoms with Crippen molar-refractivity contribution in [3.8, 4) is 17.2 Å². The summed E-state index contributed by atoms with van der Waals surface area (Å²) in [6.45, 7) is 2.66. The zero-order chi connectivity index (χ0) is 18.7. The monoisotopic (exact) mass is 435 g/mol. The molecular formula is C23H18BrNO3. The lowest BCUT2D eigenvalue weighted by atomic mass is 9.77. The highest BCUT2D eigenvalue weighted by Gasteiger charge is 2.50. The fourth-order valence-electron chi connectivity index (χ4n) is 4.65. The van der Waals surface area contributed by atoms with Gasteiger partial charge in [-0.2, -0.15) is 0 Å². The first-order valence-electron chi connectivity index (χ1n) is 9.39. The number of para-hydroxylation sites is 1. The van der Waals surface area contributed by atoms with Crippen molar-refractivity contribution in [1.82, 2.24) is 0 Å². The summed E-state index contributed by atoms with van der Waals surface area (Å²) in [6, 6.07) is 21.3. The molecule has 28 heavy (non-hydrogen) atoms. The van der Waals surface area contributed by atoms with E-state index in [-0.39, 0.29) is 12.2 Å². The highest BCUT2D eigenvalue weighted by Crippen LogP contribution is 2.54. The molecule has 0 aliphatic carbocycles. The Kier molecular flexibility index (Phi) is 3.45. The van der Waals surface area contributed by atoms with Crippen LogP contribution in [0.15, 0.2) is 65.1 Å². The molecule has 6 rings (SSSR count). The van der Waals surface area contributed by atoms with Gasteiger partial charge in [0.25, 0.3) is 0 Å². The second kappa shape index (κ2) is 5.92. The van der Waals surface area contributed by atoms with Crippen LogP contribution in [-0.2, 0) is 12.0 Å². The van der Waals surface area contributed by atoms with Crippen molar-refractivity contribution in [2.45, 2.75) is 12.0 Å². The molecule has 3 aliphatic heterocycles. The minimum Gasteiger partial charge on any atom is -0.492 e. The van der Waals surface area contributed by atoms with Crippen molar-refractivity contribution in [2.75, 3.05) is 24.8 Å². The first kappa shape index (κ1) is 16.3. The Bertz CT molecular complexity index is 1080. The van der Waals surface area contributed by atoms with Crippen LogP contribution in [0, 0.1) is 0 Å². The van der Waals surface area contributed by atoms with Crippen LogP contribution in [0.5, 0.6) is 17.2 Å². The summed E-state index contributed by atoms with van der Waals surface area (Å²) in [6.07, 6.45) is 0. The molecule has 1 atom stereocenters. The number of fused-ring (bicyclic) bond motifs is 5. The predicted molar refractivity (Wildman–Crippen MR) is 110 cm³/mol. The van der Waals surface area contributed by atoms with Gasteiger partial charge >= 0.3 is 0 Å². The molecule has 0 saturated carbocycles. The normalized spacial score (nSPS) is 21.0. The zero-order valence-corrected chi connectivity index (χ0v) is 16.7. The Morgan fingerprint density at radius 1 is 0.857 bits per heavy atom. The fraction of sp³-hybridized carbons (Fsp3) is 0.217. The third kappa shape index (κ3) is 2.29. The molecule has 4 nitrogen and oxygen atoms in total. The molecule has 0 N–H and O–H groups in total. The number of hydrogen-bond acceptors (Lipinski definition) is 4. The molecule has 5 heteroatoms. The van der Waals surface area contributed by atoms with Gasteiger partial charge in [-0.05, 0) is 35.4 Å². The van der Waals surface area contributed by atoms with Gasteiger partial charge in [0, 0.05) is 34.9 Å². The first-order chi connectivity index (χ1) is 13.7. The summed E-state index contributed by atoms with van der Waals surface area (Å²) < 4.78 is 18.5. The van der Waals surface area contributed by atoms with Crippen LogP contribution in [0.2, 0.25) is 0 Å². The van der Waals surface area contributed by atoms with E-state index in [1.165, 1.54) is 22.4 Å². The molecule has 0 aromatic heterocycles. The summed E-state index contributed by atoms with van der Waals surface area (Å²) >= 11 is 3.52. The van der Waals surface area contributed by atoms with E-state index < -0.39 is 0 Å². The number of benzene rings is 3. The number of hydrogen-bond donors (Lipinski definition) is 0. The van der Waals surface area contributed by atoms with Crippen LogP contribution < -0.4 is 19.1 Å². The summed E-state index contributed by atoms with van der Waals surface area (Å²) in [5.74, 6) is 2.49. The Labute approximate surface area is 171 Å². The van der Waals surface area contributed by atoms with Crippen LogP contribution in [0.4, 0.5) is 5.69 Å². The van der Waals surface area contributed by atoms with E-state index in [2.05, 4.69) is 75.4 Å². The van der Waals surface area contributed by atoms with Gasteiger partial charge in [0.2, 0.25) is 6.79 Å². The minimum absolute atomic E-state index is 0.178. The molecule has 1 spiro atoms. The molecule has 0 saturated heterocycles. The second-order valence-corrected chi connectivity index (χ2v) is 8.49. The lowest BCUT2D eigenvalue weighted by molar-refractivity contribution is 0.173. The lowest BCUT2D eigenvalue weighted by Gasteiger charge is -2.25. The molecule has 3 heterocycles. The van der Waals surface area contributed by atoms with Crippen LogP contribution in [-0.4, -0.2) is 19.9 Å². The minimum atomic E-state index is -0.178. The van der Waals surface area contributed by atoms with Crippen molar-refractivity contribution in [2.24, 2.45) is 0 Å². The average Bonchev–Trinajstić information content (AvgIpc) is 3.40. The summed E-state index contributed by atoms with van der Waals surface area (Å²) in [7, 11) is 0. The quantitative estimate of drug-likeness (QED) is 0.573. The molecule has 0 fully saturated rings. The molecule has 1 unspecified atom stereocenters. The maximum atomic E-state index is 6.16. The number of ether oxygens (including phenoxy) is 3. The molecule has 0 radical (unpaired) electrons. The van der Waals surface area contributed by atoms with E-state index in [0.717, 1.165) is 34.8 Å². The third-order valence-electron chi connectivity index (χ3n) is 5.97. The Hall–Kier alpha value is -2.66. The van der Waals surface area contributed by atoms with E-state index in [1.807, 2.05) is 6.07 Å². The Morgan fingerprint density at radius 2 is 1.64 bits per heavy atom. The van der Waals surface area contributed by atoms with Crippen molar-refractivity contribution in [1.29, 1.82) is 0 Å². The van der Waals surface area contributed by atoms with Crippen LogP contribution >= 0.6 is 15.9 Å². The van der Waals surface area contributed by atoms with E-state index >= 15 is 0 Å². The molecule has 3 aromatic carbocycles. The van der Waals surface area contributed by atoms with Gasteiger partial charge in [-0.3, -0.25) is 0 Å². The summed E-state index contributed by atoms with van der Waals surface area (Å²) in [5.41, 5.74) is 4.91. The summed E-state index contributed by atoms with van der Waals surface area (Å²) in [4.78, 5) is 2.46. The number of rotatable bonds is 2. The summed E-state index contributed by atoms with van der Waals surface area (Å²) in [5, 5.41) is 0. The van der Waals surface area contributed by atoms with Gasteiger partial charge in [0.05, 0.1) is 5.41 Å². The topological polar surface area (TPSA) is 30.9 Å². The number of anilines is 1. The molecule has 140 valence electrons. The molecule has 3 aliphatic rings. The maximum absolute atomic E-state index is 6.16. The van der Waals surface area contributed by atoms with Gasteiger partial charge in [0.15, 0.2) is 11.5 Å². The molecule has 0 amide bonds. The smallest absolute Gasteiger partial charge is 0.231 e. The van der Waals surface area contributed by atoms with Crippen LogP contribution in [0.25, 0.3) is 0 Å². The zero-order valence-electron chi connectivity index (χ0n) is 15.2. The Morgan fingerprint density at radius 3 is 2.50 bits per heavy atom. The SMILES string of the molecule is Brc1ccc(CN2CC3(COc4cc5c(cc43)OCO5)c3ccccc32)cc1. The predicted octanol–water partition coefficient (Wildman–Crippen LogP) is 4.88. The van der Waals surface area contributed by atoms with Crippen molar-refractivity contribution < 1.29 is 14.2 Å². The van der Waals surface area contributed by atoms with Gasteiger partial charge in [-0.15, -0.1) is 0 Å². The van der Waals surface area contributed by atoms with E-state index in [0.29, 0.717) is 6.61 Å². The maximum Gasteiger partial charge on any atom is 0.231 e. The third-order valence-corrected chi connectivity index (χ3v) is 6.50. The van der Waals surface area contributed by atoms with Crippen molar-refractivity contribution in [3.05, 3.63) is 81.8 Å². The van der Waals surface area contributed by atoms with E-state index in [9.17, 15) is 0 Å². The van der Waals surface area contributed by atoms with E-state index in [4.69, 9.17) is 14.2 Å². The second-order valence-electron chi connectivity index (χ2n) is 7.57. The van der Waals surface area contributed by atoms with Gasteiger partial charge in [-0.25, -0.2) is 0 Å². The van der Waals surface area contributed by atoms with E-state index in [1.54, 1.807) is 0 Å². The Balaban J connectivity index is 1.44. The van der Waals surface area contributed by atoms with Gasteiger partial charge in [-0.1, -0.05) is 46.3 Å². The first-order valence-corrected chi connectivity index (χ1v) is 10.2. The lowest BCUT2D eigenvalue weighted by Crippen LogP contribution is -2.35. The highest BCUT2D eigenvalue weighted by atomic mass is 79.9. The van der Waals surface area contributed by atoms with Crippen LogP contribution in [0.3, 0.4) is 0 Å². The van der Waals surface area contributed by atoms with Crippen molar-refractivity contribution in [3.63, 3.8) is 0 Å². The number of halogens is 1. The standard InChI is InChI=1S/C23H18BrNO3/c24-16-7-5-15(6-8-16)11-25-12-23(17-3-1-2-4-19(17)25)13-26-20-10-22-21(9-18(20)23)27-14-28-22/h1-10H,11-14H2. The largest absolute Gasteiger partial charge is 0.492 e.